The second-order valence-electron chi connectivity index (χ2n) is 4.26. The van der Waals surface area contributed by atoms with E-state index in [9.17, 15) is 4.79 Å². The summed E-state index contributed by atoms with van der Waals surface area (Å²) in [6, 6.07) is 5.17. The van der Waals surface area contributed by atoms with E-state index in [1.165, 1.54) is 0 Å². The van der Waals surface area contributed by atoms with Gasteiger partial charge in [-0.1, -0.05) is 0 Å². The summed E-state index contributed by atoms with van der Waals surface area (Å²) >= 11 is 0. The van der Waals surface area contributed by atoms with Crippen molar-refractivity contribution in [2.24, 2.45) is 0 Å². The minimum atomic E-state index is -0.238. The van der Waals surface area contributed by atoms with E-state index in [-0.39, 0.29) is 33.6 Å². The highest BCUT2D eigenvalue weighted by molar-refractivity contribution is 5.77. The number of hydrogen-bond acceptors (Lipinski definition) is 5. The zero-order valence-electron chi connectivity index (χ0n) is 11.0. The van der Waals surface area contributed by atoms with Crippen LogP contribution in [0.3, 0.4) is 0 Å². The third-order valence-electron chi connectivity index (χ3n) is 2.40. The summed E-state index contributed by atoms with van der Waals surface area (Å²) in [7, 11) is 0. The molecule has 0 atom stereocenters. The first kappa shape index (κ1) is 13.5. The Bertz CT molecular complexity index is 452. The normalized spacial score (nSPS) is 12.6. The lowest BCUT2D eigenvalue weighted by Gasteiger charge is -2.10. The monoisotopic (exact) mass is 269 g/mol. The number of carbonyl (C=O) groups excluding carboxylic acids is 1. The van der Waals surface area contributed by atoms with Crippen molar-refractivity contribution in [3.8, 4) is 17.2 Å². The molecule has 1 N–H and O–H groups in total. The molecule has 0 bridgehead atoms. The van der Waals surface area contributed by atoms with Crippen molar-refractivity contribution >= 4 is 5.91 Å². The Kier molecular flexibility index (Phi) is 4.46. The minimum Gasteiger partial charge on any atom is -0.484 e. The highest BCUT2D eigenvalue weighted by Crippen LogP contribution is 2.34. The summed E-state index contributed by atoms with van der Waals surface area (Å²) in [6.45, 7) is 4.12. The highest BCUT2D eigenvalue weighted by Gasteiger charge is 2.14. The van der Waals surface area contributed by atoms with E-state index >= 15 is 0 Å². The number of rotatable bonds is 6. The van der Waals surface area contributed by atoms with E-state index in [4.69, 9.17) is 18.9 Å². The van der Waals surface area contributed by atoms with Crippen LogP contribution >= 0.6 is 0 Å². The Balaban J connectivity index is 0.00000200. The molecule has 2 rings (SSSR count). The lowest BCUT2D eigenvalue weighted by molar-refractivity contribution is -0.125. The van der Waals surface area contributed by atoms with Gasteiger partial charge in [0, 0.05) is 7.49 Å². The van der Waals surface area contributed by atoms with Gasteiger partial charge < -0.3 is 24.3 Å². The molecule has 6 nitrogen and oxygen atoms in total. The quantitative estimate of drug-likeness (QED) is 0.793. The molecular formula is C13H19NO5. The van der Waals surface area contributed by atoms with Crippen LogP contribution in [0.5, 0.6) is 17.2 Å². The molecular weight excluding hydrogens is 250 g/mol. The maximum absolute atomic E-state index is 11.5. The number of fused-ring (bicyclic) bond motifs is 1. The largest absolute Gasteiger partial charge is 0.484 e. The molecule has 0 fully saturated rings. The van der Waals surface area contributed by atoms with Crippen molar-refractivity contribution in [2.75, 3.05) is 20.1 Å². The molecule has 1 aromatic rings. The van der Waals surface area contributed by atoms with Crippen molar-refractivity contribution in [1.82, 2.24) is 5.32 Å². The molecule has 0 unspecified atom stereocenters. The summed E-state index contributed by atoms with van der Waals surface area (Å²) in [5.74, 6) is 1.63. The molecule has 106 valence electrons. The second-order valence-corrected chi connectivity index (χ2v) is 4.26. The molecule has 1 amide bonds. The van der Waals surface area contributed by atoms with Crippen molar-refractivity contribution < 1.29 is 25.2 Å². The summed E-state index contributed by atoms with van der Waals surface area (Å²) in [4.78, 5) is 11.5. The van der Waals surface area contributed by atoms with E-state index in [1.54, 1.807) is 18.2 Å². The second kappa shape index (κ2) is 6.29. The smallest absolute Gasteiger partial charge is 0.259 e. The zero-order chi connectivity index (χ0) is 13.7. The van der Waals surface area contributed by atoms with Gasteiger partial charge in [-0.2, -0.15) is 0 Å². The van der Waals surface area contributed by atoms with Crippen LogP contribution in [-0.2, 0) is 9.53 Å². The van der Waals surface area contributed by atoms with Gasteiger partial charge in [0.2, 0.25) is 6.79 Å². The molecule has 0 saturated heterocycles. The average molecular weight is 269 g/mol. The minimum absolute atomic E-state index is 0. The summed E-state index contributed by atoms with van der Waals surface area (Å²) in [5, 5.41) is 2.59. The van der Waals surface area contributed by atoms with Crippen LogP contribution in [0.25, 0.3) is 0 Å². The third kappa shape index (κ3) is 4.03. The van der Waals surface area contributed by atoms with Gasteiger partial charge in [-0.15, -0.1) is 0 Å². The Labute approximate surface area is 113 Å². The molecule has 0 saturated carbocycles. The van der Waals surface area contributed by atoms with Crippen LogP contribution in [0.4, 0.5) is 0 Å². The molecule has 1 aliphatic rings. The van der Waals surface area contributed by atoms with E-state index in [2.05, 4.69) is 5.32 Å². The van der Waals surface area contributed by atoms with E-state index < -0.39 is 0 Å². The molecule has 1 aliphatic heterocycles. The van der Waals surface area contributed by atoms with Crippen LogP contribution in [0.2, 0.25) is 0 Å². The van der Waals surface area contributed by atoms with E-state index in [0.717, 1.165) is 0 Å². The predicted octanol–water partition coefficient (Wildman–Crippen LogP) is 1.54. The Morgan fingerprint density at radius 3 is 3.00 bits per heavy atom. The van der Waals surface area contributed by atoms with Crippen molar-refractivity contribution in [3.63, 3.8) is 0 Å². The fourth-order valence-corrected chi connectivity index (χ4v) is 1.46. The Morgan fingerprint density at radius 2 is 2.21 bits per heavy atom. The molecule has 0 radical (unpaired) electrons. The molecule has 0 aromatic heterocycles. The molecule has 0 spiro atoms. The number of benzene rings is 1. The van der Waals surface area contributed by atoms with Gasteiger partial charge in [-0.3, -0.25) is 4.79 Å². The number of ether oxygens (including phenoxy) is 4. The SMILES string of the molecule is CC(C)OCNC(=O)COc1ccc2c(c1)OCO2.[HH]. The van der Waals surface area contributed by atoms with Gasteiger partial charge >= 0.3 is 0 Å². The summed E-state index contributed by atoms with van der Waals surface area (Å²) < 4.78 is 20.9. The third-order valence-corrected chi connectivity index (χ3v) is 2.40. The first-order chi connectivity index (χ1) is 9.15. The van der Waals surface area contributed by atoms with Gasteiger partial charge in [-0.25, -0.2) is 0 Å². The lowest BCUT2D eigenvalue weighted by Crippen LogP contribution is -2.31. The van der Waals surface area contributed by atoms with Crippen LogP contribution < -0.4 is 19.5 Å². The van der Waals surface area contributed by atoms with Gasteiger partial charge in [0.05, 0.1) is 6.10 Å². The van der Waals surface area contributed by atoms with Crippen LogP contribution in [-0.4, -0.2) is 32.1 Å². The molecule has 0 aliphatic carbocycles. The summed E-state index contributed by atoms with van der Waals surface area (Å²) in [6.07, 6.45) is 0.0788. The topological polar surface area (TPSA) is 66.0 Å². The molecule has 19 heavy (non-hydrogen) atoms. The molecule has 1 aromatic carbocycles. The maximum atomic E-state index is 11.5. The average Bonchev–Trinajstić information content (AvgIpc) is 2.83. The molecule has 6 heteroatoms. The van der Waals surface area contributed by atoms with Crippen LogP contribution in [0.1, 0.15) is 15.3 Å². The molecule has 1 heterocycles. The van der Waals surface area contributed by atoms with Gasteiger partial charge in [0.25, 0.3) is 5.91 Å². The fourth-order valence-electron chi connectivity index (χ4n) is 1.46. The number of hydrogen-bond donors (Lipinski definition) is 1. The lowest BCUT2D eigenvalue weighted by atomic mass is 10.3. The standard InChI is InChI=1S/C13H17NO5.H2/c1-9(2)17-7-14-13(15)6-16-10-3-4-11-12(5-10)19-8-18-11;/h3-5,9H,6-8H2,1-2H3,(H,14,15);1H. The summed E-state index contributed by atoms with van der Waals surface area (Å²) in [5.41, 5.74) is 0. The predicted molar refractivity (Wildman–Crippen MR) is 69.4 cm³/mol. The van der Waals surface area contributed by atoms with Gasteiger partial charge in [0.1, 0.15) is 12.5 Å². The first-order valence-electron chi connectivity index (χ1n) is 6.06. The first-order valence-corrected chi connectivity index (χ1v) is 6.06. The van der Waals surface area contributed by atoms with Gasteiger partial charge in [-0.05, 0) is 26.0 Å². The van der Waals surface area contributed by atoms with Gasteiger partial charge in [0.15, 0.2) is 18.1 Å². The van der Waals surface area contributed by atoms with Crippen molar-refractivity contribution in [3.05, 3.63) is 18.2 Å². The van der Waals surface area contributed by atoms with Crippen molar-refractivity contribution in [1.29, 1.82) is 0 Å². The van der Waals surface area contributed by atoms with Crippen LogP contribution in [0, 0.1) is 0 Å². The Morgan fingerprint density at radius 1 is 1.42 bits per heavy atom. The van der Waals surface area contributed by atoms with E-state index in [1.807, 2.05) is 13.8 Å². The van der Waals surface area contributed by atoms with Crippen LogP contribution in [0.15, 0.2) is 18.2 Å². The van der Waals surface area contributed by atoms with E-state index in [0.29, 0.717) is 17.2 Å². The highest BCUT2D eigenvalue weighted by atomic mass is 16.7. The zero-order valence-corrected chi connectivity index (χ0v) is 11.0. The maximum Gasteiger partial charge on any atom is 0.259 e. The van der Waals surface area contributed by atoms with Crippen molar-refractivity contribution in [2.45, 2.75) is 20.0 Å². The number of amides is 1. The fraction of sp³-hybridized carbons (Fsp3) is 0.462. The number of carbonyl (C=O) groups is 1. The Hall–Kier alpha value is -1.95. The number of nitrogens with one attached hydrogen (secondary N) is 1.